The molecule has 16 heavy (non-hydrogen) atoms. The van der Waals surface area contributed by atoms with E-state index < -0.39 is 0 Å². The maximum absolute atomic E-state index is 6.05. The summed E-state index contributed by atoms with van der Waals surface area (Å²) in [7, 11) is 2.08. The number of hydrogen-bond donors (Lipinski definition) is 1. The van der Waals surface area contributed by atoms with Crippen LogP contribution in [0.1, 0.15) is 12.0 Å². The van der Waals surface area contributed by atoms with Gasteiger partial charge in [0.25, 0.3) is 0 Å². The van der Waals surface area contributed by atoms with Gasteiger partial charge in [-0.2, -0.15) is 0 Å². The van der Waals surface area contributed by atoms with Gasteiger partial charge in [0, 0.05) is 19.3 Å². The molecule has 4 heteroatoms. The summed E-state index contributed by atoms with van der Waals surface area (Å²) in [5, 5.41) is 0.617. The summed E-state index contributed by atoms with van der Waals surface area (Å²) < 4.78 is 5.39. The number of nitrogen functional groups attached to an aromatic ring is 1. The Labute approximate surface area is 101 Å². The molecule has 1 fully saturated rings. The Hall–Kier alpha value is -0.930. The summed E-state index contributed by atoms with van der Waals surface area (Å²) in [5.74, 6) is 0. The zero-order valence-corrected chi connectivity index (χ0v) is 10.4. The molecule has 1 unspecified atom stereocenters. The summed E-state index contributed by atoms with van der Waals surface area (Å²) in [6.07, 6.45) is 1.07. The summed E-state index contributed by atoms with van der Waals surface area (Å²) >= 11 is 6.05. The number of nitrogens with two attached hydrogens (primary N) is 1. The van der Waals surface area contributed by atoms with Gasteiger partial charge < -0.3 is 15.4 Å². The van der Waals surface area contributed by atoms with E-state index in [1.165, 1.54) is 0 Å². The minimum atomic E-state index is 0.443. The predicted molar refractivity (Wildman–Crippen MR) is 68.2 cm³/mol. The van der Waals surface area contributed by atoms with E-state index in [9.17, 15) is 0 Å². The van der Waals surface area contributed by atoms with Crippen LogP contribution in [0.4, 0.5) is 11.4 Å². The summed E-state index contributed by atoms with van der Waals surface area (Å²) in [6, 6.07) is 4.30. The monoisotopic (exact) mass is 240 g/mol. The van der Waals surface area contributed by atoms with Crippen molar-refractivity contribution in [2.45, 2.75) is 19.4 Å². The zero-order valence-electron chi connectivity index (χ0n) is 9.66. The Morgan fingerprint density at radius 1 is 1.50 bits per heavy atom. The lowest BCUT2D eigenvalue weighted by molar-refractivity contribution is 0.193. The maximum Gasteiger partial charge on any atom is 0.0670 e. The average Bonchev–Trinajstić information content (AvgIpc) is 2.75. The van der Waals surface area contributed by atoms with Gasteiger partial charge in [-0.3, -0.25) is 0 Å². The molecule has 88 valence electrons. The van der Waals surface area contributed by atoms with E-state index in [0.29, 0.717) is 16.8 Å². The minimum absolute atomic E-state index is 0.443. The van der Waals surface area contributed by atoms with Gasteiger partial charge >= 0.3 is 0 Å². The van der Waals surface area contributed by atoms with Crippen molar-refractivity contribution in [1.82, 2.24) is 0 Å². The second-order valence-corrected chi connectivity index (χ2v) is 4.70. The molecule has 0 aromatic heterocycles. The quantitative estimate of drug-likeness (QED) is 0.808. The molecule has 1 aromatic carbocycles. The molecule has 1 aliphatic rings. The molecule has 1 aromatic rings. The van der Waals surface area contributed by atoms with E-state index in [0.717, 1.165) is 30.9 Å². The lowest BCUT2D eigenvalue weighted by atomic mass is 10.1. The van der Waals surface area contributed by atoms with E-state index in [2.05, 4.69) is 11.9 Å². The van der Waals surface area contributed by atoms with Crippen LogP contribution in [0, 0.1) is 6.92 Å². The van der Waals surface area contributed by atoms with Crippen molar-refractivity contribution in [1.29, 1.82) is 0 Å². The Morgan fingerprint density at radius 2 is 2.25 bits per heavy atom. The molecule has 1 aliphatic heterocycles. The average molecular weight is 241 g/mol. The third kappa shape index (κ3) is 2.11. The van der Waals surface area contributed by atoms with Gasteiger partial charge in [0.2, 0.25) is 0 Å². The second kappa shape index (κ2) is 4.52. The smallest absolute Gasteiger partial charge is 0.0670 e. The summed E-state index contributed by atoms with van der Waals surface area (Å²) in [6.45, 7) is 3.68. The first-order valence-corrected chi connectivity index (χ1v) is 5.83. The molecule has 0 radical (unpaired) electrons. The summed E-state index contributed by atoms with van der Waals surface area (Å²) in [4.78, 5) is 2.23. The number of rotatable bonds is 2. The van der Waals surface area contributed by atoms with Crippen LogP contribution in [0.15, 0.2) is 12.1 Å². The number of hydrogen-bond acceptors (Lipinski definition) is 3. The number of anilines is 2. The van der Waals surface area contributed by atoms with E-state index >= 15 is 0 Å². The van der Waals surface area contributed by atoms with Crippen LogP contribution < -0.4 is 10.6 Å². The largest absolute Gasteiger partial charge is 0.398 e. The minimum Gasteiger partial charge on any atom is -0.398 e. The highest BCUT2D eigenvalue weighted by molar-refractivity contribution is 6.33. The number of halogens is 1. The third-order valence-electron chi connectivity index (χ3n) is 3.15. The highest BCUT2D eigenvalue weighted by Gasteiger charge is 2.22. The maximum atomic E-state index is 6.05. The first-order chi connectivity index (χ1) is 7.59. The van der Waals surface area contributed by atoms with Gasteiger partial charge in [0.05, 0.1) is 23.4 Å². The van der Waals surface area contributed by atoms with Crippen molar-refractivity contribution in [3.05, 3.63) is 22.7 Å². The molecule has 1 heterocycles. The molecule has 0 aliphatic carbocycles. The topological polar surface area (TPSA) is 38.5 Å². The molecule has 0 saturated carbocycles. The van der Waals surface area contributed by atoms with Crippen LogP contribution in [0.25, 0.3) is 0 Å². The number of aryl methyl sites for hydroxylation is 1. The van der Waals surface area contributed by atoms with Crippen LogP contribution in [0.3, 0.4) is 0 Å². The van der Waals surface area contributed by atoms with Crippen molar-refractivity contribution < 1.29 is 4.74 Å². The Balaban J connectivity index is 2.28. The fourth-order valence-corrected chi connectivity index (χ4v) is 2.26. The third-order valence-corrected chi connectivity index (χ3v) is 3.48. The SMILES string of the molecule is Cc1cc(N)c(Cl)cc1N(C)C1CCOC1. The van der Waals surface area contributed by atoms with E-state index in [-0.39, 0.29) is 0 Å². The molecule has 0 bridgehead atoms. The van der Waals surface area contributed by atoms with Crippen molar-refractivity contribution in [3.63, 3.8) is 0 Å². The van der Waals surface area contributed by atoms with Gasteiger partial charge in [-0.1, -0.05) is 11.6 Å². The van der Waals surface area contributed by atoms with E-state index in [1.807, 2.05) is 19.1 Å². The molecule has 0 amide bonds. The molecule has 3 nitrogen and oxygen atoms in total. The number of ether oxygens (including phenoxy) is 1. The fourth-order valence-electron chi connectivity index (χ4n) is 2.10. The van der Waals surface area contributed by atoms with Crippen LogP contribution in [0.5, 0.6) is 0 Å². The van der Waals surface area contributed by atoms with E-state index in [4.69, 9.17) is 22.1 Å². The van der Waals surface area contributed by atoms with Crippen LogP contribution >= 0.6 is 11.6 Å². The van der Waals surface area contributed by atoms with Crippen molar-refractivity contribution in [2.24, 2.45) is 0 Å². The Bertz CT molecular complexity index is 389. The Kier molecular flexibility index (Phi) is 3.26. The number of nitrogens with zero attached hydrogens (tertiary/aromatic N) is 1. The predicted octanol–water partition coefficient (Wildman–Crippen LogP) is 2.46. The molecule has 2 N–H and O–H groups in total. The molecule has 0 spiro atoms. The molecule has 1 atom stereocenters. The molecular formula is C12H17ClN2O. The fraction of sp³-hybridized carbons (Fsp3) is 0.500. The van der Waals surface area contributed by atoms with Gasteiger partial charge in [0.15, 0.2) is 0 Å². The van der Waals surface area contributed by atoms with Crippen molar-refractivity contribution in [3.8, 4) is 0 Å². The van der Waals surface area contributed by atoms with Gasteiger partial charge in [-0.25, -0.2) is 0 Å². The van der Waals surface area contributed by atoms with Crippen LogP contribution in [-0.2, 0) is 4.74 Å². The number of likely N-dealkylation sites (N-methyl/N-ethyl adjacent to an activating group) is 1. The van der Waals surface area contributed by atoms with E-state index in [1.54, 1.807) is 0 Å². The lowest BCUT2D eigenvalue weighted by Crippen LogP contribution is -2.32. The van der Waals surface area contributed by atoms with Gasteiger partial charge in [-0.05, 0) is 31.0 Å². The standard InChI is InChI=1S/C12H17ClN2O/c1-8-5-11(14)10(13)6-12(8)15(2)9-3-4-16-7-9/h5-6,9H,3-4,7,14H2,1-2H3. The first-order valence-electron chi connectivity index (χ1n) is 5.46. The summed E-state index contributed by atoms with van der Waals surface area (Å²) in [5.41, 5.74) is 8.69. The second-order valence-electron chi connectivity index (χ2n) is 4.29. The van der Waals surface area contributed by atoms with Crippen molar-refractivity contribution >= 4 is 23.0 Å². The molecule has 1 saturated heterocycles. The van der Waals surface area contributed by atoms with Crippen LogP contribution in [-0.4, -0.2) is 26.3 Å². The van der Waals surface area contributed by atoms with Crippen molar-refractivity contribution in [2.75, 3.05) is 30.9 Å². The normalized spacial score (nSPS) is 20.1. The highest BCUT2D eigenvalue weighted by atomic mass is 35.5. The zero-order chi connectivity index (χ0) is 11.7. The highest BCUT2D eigenvalue weighted by Crippen LogP contribution is 2.30. The van der Waals surface area contributed by atoms with Gasteiger partial charge in [0.1, 0.15) is 0 Å². The first kappa shape index (κ1) is 11.6. The van der Waals surface area contributed by atoms with Gasteiger partial charge in [-0.15, -0.1) is 0 Å². The molecule has 2 rings (SSSR count). The lowest BCUT2D eigenvalue weighted by Gasteiger charge is -2.27. The number of benzene rings is 1. The molecular weight excluding hydrogens is 224 g/mol. The van der Waals surface area contributed by atoms with Crippen LogP contribution in [0.2, 0.25) is 5.02 Å². The Morgan fingerprint density at radius 3 is 2.88 bits per heavy atom.